The van der Waals surface area contributed by atoms with E-state index in [1.165, 1.54) is 25.6 Å². The molecule has 2 bridgehead atoms. The van der Waals surface area contributed by atoms with Crippen LogP contribution in [0.1, 0.15) is 50.9 Å². The van der Waals surface area contributed by atoms with E-state index < -0.39 is 0 Å². The molecule has 18 heavy (non-hydrogen) atoms. The molecule has 1 amide bonds. The zero-order chi connectivity index (χ0) is 12.5. The number of amides is 1. The van der Waals surface area contributed by atoms with E-state index >= 15 is 0 Å². The molecule has 1 aromatic rings. The summed E-state index contributed by atoms with van der Waals surface area (Å²) >= 11 is 0. The summed E-state index contributed by atoms with van der Waals surface area (Å²) < 4.78 is 0. The maximum absolute atomic E-state index is 12.3. The zero-order valence-electron chi connectivity index (χ0n) is 10.7. The lowest BCUT2D eigenvalue weighted by molar-refractivity contribution is -0.127. The summed E-state index contributed by atoms with van der Waals surface area (Å²) in [6.07, 6.45) is 7.24. The third-order valence-electron chi connectivity index (χ3n) is 4.56. The predicted octanol–water partition coefficient (Wildman–Crippen LogP) is 1.81. The van der Waals surface area contributed by atoms with Gasteiger partial charge in [0.2, 0.25) is 5.91 Å². The third-order valence-corrected chi connectivity index (χ3v) is 4.56. The summed E-state index contributed by atoms with van der Waals surface area (Å²) in [6, 6.07) is -0.0286. The lowest BCUT2D eigenvalue weighted by Crippen LogP contribution is -2.36. The highest BCUT2D eigenvalue weighted by atomic mass is 16.2. The Hall–Kier alpha value is -1.39. The van der Waals surface area contributed by atoms with Crippen LogP contribution in [-0.2, 0) is 4.79 Å². The highest BCUT2D eigenvalue weighted by Crippen LogP contribution is 2.48. The molecular weight excluding hydrogens is 228 g/mol. The van der Waals surface area contributed by atoms with Crippen LogP contribution in [0, 0.1) is 17.8 Å². The Morgan fingerprint density at radius 1 is 1.56 bits per heavy atom. The molecule has 2 N–H and O–H groups in total. The maximum Gasteiger partial charge on any atom is 0.223 e. The molecule has 1 aromatic heterocycles. The van der Waals surface area contributed by atoms with Crippen LogP contribution in [0.4, 0.5) is 0 Å². The van der Waals surface area contributed by atoms with Gasteiger partial charge in [-0.25, -0.2) is 4.98 Å². The number of nitrogens with zero attached hydrogens (tertiary/aromatic N) is 2. The molecule has 2 saturated carbocycles. The van der Waals surface area contributed by atoms with Crippen molar-refractivity contribution in [2.75, 3.05) is 0 Å². The van der Waals surface area contributed by atoms with Gasteiger partial charge in [-0.05, 0) is 37.5 Å². The van der Waals surface area contributed by atoms with Crippen LogP contribution in [0.15, 0.2) is 6.33 Å². The van der Waals surface area contributed by atoms with Crippen molar-refractivity contribution in [2.45, 2.75) is 45.1 Å². The third kappa shape index (κ3) is 2.02. The highest BCUT2D eigenvalue weighted by Gasteiger charge is 2.43. The van der Waals surface area contributed by atoms with Crippen LogP contribution in [0.2, 0.25) is 0 Å². The molecule has 0 aliphatic heterocycles. The molecule has 5 nitrogen and oxygen atoms in total. The monoisotopic (exact) mass is 248 g/mol. The number of aromatic nitrogens is 3. The standard InChI is InChI=1S/C13H20N4O/c1-2-11(12-14-7-15-17-12)16-13(18)10-6-8-3-4-9(10)5-8/h7-11H,2-6H2,1H3,(H,16,18)(H,14,15,17)/t8-,9-,10+,11-/m0/s1. The summed E-state index contributed by atoms with van der Waals surface area (Å²) in [6.45, 7) is 2.05. The molecule has 2 aliphatic carbocycles. The van der Waals surface area contributed by atoms with Gasteiger partial charge in [-0.3, -0.25) is 9.89 Å². The Balaban J connectivity index is 1.63. The van der Waals surface area contributed by atoms with E-state index in [9.17, 15) is 4.79 Å². The van der Waals surface area contributed by atoms with Crippen molar-refractivity contribution in [1.82, 2.24) is 20.5 Å². The number of aromatic amines is 1. The lowest BCUT2D eigenvalue weighted by Gasteiger charge is -2.23. The van der Waals surface area contributed by atoms with E-state index in [2.05, 4.69) is 20.5 Å². The topological polar surface area (TPSA) is 70.7 Å². The van der Waals surface area contributed by atoms with Gasteiger partial charge in [0, 0.05) is 5.92 Å². The number of fused-ring (bicyclic) bond motifs is 2. The maximum atomic E-state index is 12.3. The van der Waals surface area contributed by atoms with Crippen LogP contribution in [0.25, 0.3) is 0 Å². The summed E-state index contributed by atoms with van der Waals surface area (Å²) in [5, 5.41) is 9.81. The Morgan fingerprint density at radius 2 is 2.44 bits per heavy atom. The number of nitrogens with one attached hydrogen (secondary N) is 2. The Kier molecular flexibility index (Phi) is 3.06. The van der Waals surface area contributed by atoms with Crippen molar-refractivity contribution >= 4 is 5.91 Å². The molecular formula is C13H20N4O. The van der Waals surface area contributed by atoms with Gasteiger partial charge < -0.3 is 5.32 Å². The summed E-state index contributed by atoms with van der Waals surface area (Å²) in [5.41, 5.74) is 0. The second kappa shape index (κ2) is 4.71. The van der Waals surface area contributed by atoms with Gasteiger partial charge in [-0.1, -0.05) is 13.3 Å². The number of hydrogen-bond acceptors (Lipinski definition) is 3. The van der Waals surface area contributed by atoms with Crippen molar-refractivity contribution in [3.63, 3.8) is 0 Å². The molecule has 0 radical (unpaired) electrons. The lowest BCUT2D eigenvalue weighted by atomic mass is 9.88. The second-order valence-corrected chi connectivity index (χ2v) is 5.62. The number of carbonyl (C=O) groups excluding carboxylic acids is 1. The van der Waals surface area contributed by atoms with E-state index in [1.807, 2.05) is 6.92 Å². The van der Waals surface area contributed by atoms with Crippen LogP contribution >= 0.6 is 0 Å². The van der Waals surface area contributed by atoms with E-state index in [4.69, 9.17) is 0 Å². The Morgan fingerprint density at radius 3 is 3.00 bits per heavy atom. The average molecular weight is 248 g/mol. The number of rotatable bonds is 4. The smallest absolute Gasteiger partial charge is 0.223 e. The van der Waals surface area contributed by atoms with Crippen molar-refractivity contribution in [3.05, 3.63) is 12.2 Å². The normalized spacial score (nSPS) is 31.5. The Labute approximate surface area is 107 Å². The van der Waals surface area contributed by atoms with Crippen LogP contribution in [0.3, 0.4) is 0 Å². The van der Waals surface area contributed by atoms with E-state index in [1.54, 1.807) is 0 Å². The first-order valence-electron chi connectivity index (χ1n) is 6.93. The van der Waals surface area contributed by atoms with Crippen LogP contribution in [-0.4, -0.2) is 21.1 Å². The molecule has 0 aromatic carbocycles. The number of carbonyl (C=O) groups is 1. The fourth-order valence-corrected chi connectivity index (χ4v) is 3.59. The SMILES string of the molecule is CC[C@H](NC(=O)[C@@H]1C[C@H]2CC[C@H]1C2)c1ncn[nH]1. The van der Waals surface area contributed by atoms with Gasteiger partial charge in [0.25, 0.3) is 0 Å². The highest BCUT2D eigenvalue weighted by molar-refractivity contribution is 5.79. The Bertz CT molecular complexity index is 417. The average Bonchev–Trinajstić information content (AvgIpc) is 3.10. The fourth-order valence-electron chi connectivity index (χ4n) is 3.59. The molecule has 2 fully saturated rings. The van der Waals surface area contributed by atoms with Gasteiger partial charge in [-0.15, -0.1) is 0 Å². The number of hydrogen-bond donors (Lipinski definition) is 2. The van der Waals surface area contributed by atoms with Gasteiger partial charge >= 0.3 is 0 Å². The van der Waals surface area contributed by atoms with Gasteiger partial charge in [-0.2, -0.15) is 5.10 Å². The van der Waals surface area contributed by atoms with Crippen molar-refractivity contribution < 1.29 is 4.79 Å². The molecule has 4 atom stereocenters. The first-order chi connectivity index (χ1) is 8.78. The molecule has 2 aliphatic rings. The summed E-state index contributed by atoms with van der Waals surface area (Å²) in [5.74, 6) is 2.64. The van der Waals surface area contributed by atoms with Crippen LogP contribution in [0.5, 0.6) is 0 Å². The summed E-state index contributed by atoms with van der Waals surface area (Å²) in [7, 11) is 0. The van der Waals surface area contributed by atoms with Gasteiger partial charge in [0.15, 0.2) is 0 Å². The van der Waals surface area contributed by atoms with Crippen molar-refractivity contribution in [1.29, 1.82) is 0 Å². The van der Waals surface area contributed by atoms with Gasteiger partial charge in [0.05, 0.1) is 6.04 Å². The minimum Gasteiger partial charge on any atom is -0.346 e. The van der Waals surface area contributed by atoms with E-state index in [0.29, 0.717) is 5.92 Å². The predicted molar refractivity (Wildman–Crippen MR) is 66.5 cm³/mol. The largest absolute Gasteiger partial charge is 0.346 e. The molecule has 0 saturated heterocycles. The minimum atomic E-state index is -0.0286. The summed E-state index contributed by atoms with van der Waals surface area (Å²) in [4.78, 5) is 16.5. The molecule has 1 heterocycles. The van der Waals surface area contributed by atoms with E-state index in [-0.39, 0.29) is 17.9 Å². The second-order valence-electron chi connectivity index (χ2n) is 5.62. The number of H-pyrrole nitrogens is 1. The molecule has 0 spiro atoms. The first kappa shape index (κ1) is 11.7. The fraction of sp³-hybridized carbons (Fsp3) is 0.769. The van der Waals surface area contributed by atoms with Gasteiger partial charge in [0.1, 0.15) is 12.2 Å². The van der Waals surface area contributed by atoms with Crippen LogP contribution < -0.4 is 5.32 Å². The van der Waals surface area contributed by atoms with E-state index in [0.717, 1.165) is 24.6 Å². The van der Waals surface area contributed by atoms with Crippen molar-refractivity contribution in [2.24, 2.45) is 17.8 Å². The minimum absolute atomic E-state index is 0.0286. The quantitative estimate of drug-likeness (QED) is 0.853. The zero-order valence-corrected chi connectivity index (χ0v) is 10.7. The molecule has 0 unspecified atom stereocenters. The molecule has 5 heteroatoms. The van der Waals surface area contributed by atoms with Crippen molar-refractivity contribution in [3.8, 4) is 0 Å². The first-order valence-corrected chi connectivity index (χ1v) is 6.93. The molecule has 98 valence electrons. The molecule has 3 rings (SSSR count).